The van der Waals surface area contributed by atoms with Gasteiger partial charge in [-0.1, -0.05) is 11.6 Å². The van der Waals surface area contributed by atoms with Gasteiger partial charge in [-0.15, -0.1) is 11.3 Å². The number of hydrogen-bond donors (Lipinski definition) is 2. The average molecular weight is 283 g/mol. The zero-order valence-electron chi connectivity index (χ0n) is 9.82. The number of anilines is 1. The molecule has 2 N–H and O–H groups in total. The van der Waals surface area contributed by atoms with E-state index in [9.17, 15) is 9.90 Å². The second-order valence-electron chi connectivity index (χ2n) is 3.77. The van der Waals surface area contributed by atoms with Crippen molar-refractivity contribution < 1.29 is 9.90 Å². The van der Waals surface area contributed by atoms with E-state index in [2.05, 4.69) is 10.3 Å². The molecule has 0 atom stereocenters. The lowest BCUT2D eigenvalue weighted by Gasteiger charge is -2.05. The number of phenolic OH excluding ortho intramolecular Hbond substituents is 1. The average Bonchev–Trinajstić information content (AvgIpc) is 2.63. The van der Waals surface area contributed by atoms with Crippen molar-refractivity contribution in [1.29, 1.82) is 0 Å². The minimum Gasteiger partial charge on any atom is -0.506 e. The maximum Gasteiger partial charge on any atom is 0.267 e. The SMILES string of the molecule is Cc1nc(C)c(C(=O)Nc2ccc(Cl)c(O)c2)s1. The number of amides is 1. The summed E-state index contributed by atoms with van der Waals surface area (Å²) in [7, 11) is 0. The Morgan fingerprint density at radius 3 is 2.72 bits per heavy atom. The smallest absolute Gasteiger partial charge is 0.267 e. The molecule has 0 bridgehead atoms. The van der Waals surface area contributed by atoms with E-state index in [4.69, 9.17) is 11.6 Å². The summed E-state index contributed by atoms with van der Waals surface area (Å²) in [6, 6.07) is 4.56. The Morgan fingerprint density at radius 2 is 2.17 bits per heavy atom. The van der Waals surface area contributed by atoms with Crippen LogP contribution in [0.1, 0.15) is 20.4 Å². The van der Waals surface area contributed by atoms with Crippen LogP contribution in [0.25, 0.3) is 0 Å². The molecule has 1 amide bonds. The summed E-state index contributed by atoms with van der Waals surface area (Å²) in [6.07, 6.45) is 0. The highest BCUT2D eigenvalue weighted by molar-refractivity contribution is 7.13. The Bertz CT molecular complexity index is 610. The number of aryl methyl sites for hydroxylation is 2. The number of nitrogens with one attached hydrogen (secondary N) is 1. The summed E-state index contributed by atoms with van der Waals surface area (Å²) < 4.78 is 0. The minimum atomic E-state index is -0.236. The maximum atomic E-state index is 12.0. The Kier molecular flexibility index (Phi) is 3.54. The quantitative estimate of drug-likeness (QED) is 0.888. The fourth-order valence-corrected chi connectivity index (χ4v) is 2.45. The zero-order chi connectivity index (χ0) is 13.3. The molecule has 2 aromatic rings. The van der Waals surface area contributed by atoms with Crippen LogP contribution in [0.4, 0.5) is 5.69 Å². The van der Waals surface area contributed by atoms with E-state index in [0.717, 1.165) is 5.01 Å². The molecule has 2 rings (SSSR count). The zero-order valence-corrected chi connectivity index (χ0v) is 11.4. The first-order valence-electron chi connectivity index (χ1n) is 5.21. The van der Waals surface area contributed by atoms with Crippen LogP contribution in [-0.4, -0.2) is 16.0 Å². The maximum absolute atomic E-state index is 12.0. The molecule has 1 aromatic heterocycles. The lowest BCUT2D eigenvalue weighted by Crippen LogP contribution is -2.11. The summed E-state index contributed by atoms with van der Waals surface area (Å²) >= 11 is 7.03. The highest BCUT2D eigenvalue weighted by atomic mass is 35.5. The predicted molar refractivity (Wildman–Crippen MR) is 72.7 cm³/mol. The van der Waals surface area contributed by atoms with Gasteiger partial charge in [-0.05, 0) is 26.0 Å². The molecule has 4 nitrogen and oxygen atoms in total. The van der Waals surface area contributed by atoms with Crippen molar-refractivity contribution in [3.05, 3.63) is 38.8 Å². The summed E-state index contributed by atoms with van der Waals surface area (Å²) in [5.74, 6) is -0.300. The number of phenols is 1. The van der Waals surface area contributed by atoms with Crippen molar-refractivity contribution in [2.24, 2.45) is 0 Å². The molecular formula is C12H11ClN2O2S. The fourth-order valence-electron chi connectivity index (χ4n) is 1.52. The van der Waals surface area contributed by atoms with Crippen molar-refractivity contribution in [3.8, 4) is 5.75 Å². The van der Waals surface area contributed by atoms with Crippen LogP contribution in [0, 0.1) is 13.8 Å². The standard InChI is InChI=1S/C12H11ClN2O2S/c1-6-11(18-7(2)14-6)12(17)15-8-3-4-9(13)10(16)5-8/h3-5,16H,1-2H3,(H,15,17). The molecule has 0 aliphatic heterocycles. The molecule has 6 heteroatoms. The van der Waals surface area contributed by atoms with Gasteiger partial charge >= 0.3 is 0 Å². The van der Waals surface area contributed by atoms with Crippen LogP contribution in [0.2, 0.25) is 5.02 Å². The van der Waals surface area contributed by atoms with Crippen LogP contribution < -0.4 is 5.32 Å². The largest absolute Gasteiger partial charge is 0.506 e. The normalized spacial score (nSPS) is 10.4. The van der Waals surface area contributed by atoms with Crippen LogP contribution in [0.3, 0.4) is 0 Å². The lowest BCUT2D eigenvalue weighted by molar-refractivity contribution is 0.103. The number of carbonyl (C=O) groups excluding carboxylic acids is 1. The third-order valence-electron chi connectivity index (χ3n) is 2.31. The van der Waals surface area contributed by atoms with Gasteiger partial charge in [-0.2, -0.15) is 0 Å². The van der Waals surface area contributed by atoms with Crippen LogP contribution in [0.15, 0.2) is 18.2 Å². The molecule has 1 heterocycles. The first-order valence-corrected chi connectivity index (χ1v) is 6.40. The molecule has 0 radical (unpaired) electrons. The number of aromatic hydroxyl groups is 1. The number of rotatable bonds is 2. The second kappa shape index (κ2) is 4.96. The first-order chi connectivity index (χ1) is 8.47. The fraction of sp³-hybridized carbons (Fsp3) is 0.167. The van der Waals surface area contributed by atoms with E-state index in [1.54, 1.807) is 13.0 Å². The Balaban J connectivity index is 2.21. The molecule has 0 aliphatic carbocycles. The summed E-state index contributed by atoms with van der Waals surface area (Å²) in [5, 5.41) is 13.2. The van der Waals surface area contributed by atoms with Crippen molar-refractivity contribution in [2.45, 2.75) is 13.8 Å². The third kappa shape index (κ3) is 2.63. The topological polar surface area (TPSA) is 62.2 Å². The summed E-state index contributed by atoms with van der Waals surface area (Å²) in [4.78, 5) is 16.8. The van der Waals surface area contributed by atoms with Crippen LogP contribution in [-0.2, 0) is 0 Å². The monoisotopic (exact) mass is 282 g/mol. The van der Waals surface area contributed by atoms with E-state index in [-0.39, 0.29) is 16.7 Å². The highest BCUT2D eigenvalue weighted by Crippen LogP contribution is 2.27. The van der Waals surface area contributed by atoms with Crippen molar-refractivity contribution in [3.63, 3.8) is 0 Å². The molecule has 0 spiro atoms. The Labute approximate surface area is 113 Å². The number of hydrogen-bond acceptors (Lipinski definition) is 4. The number of aromatic nitrogens is 1. The number of nitrogens with zero attached hydrogens (tertiary/aromatic N) is 1. The molecule has 1 aromatic carbocycles. The van der Waals surface area contributed by atoms with Gasteiger partial charge in [0.25, 0.3) is 5.91 Å². The molecular weight excluding hydrogens is 272 g/mol. The van der Waals surface area contributed by atoms with Gasteiger partial charge in [0.1, 0.15) is 10.6 Å². The molecule has 0 unspecified atom stereocenters. The van der Waals surface area contributed by atoms with Gasteiger partial charge in [0.15, 0.2) is 0 Å². The summed E-state index contributed by atoms with van der Waals surface area (Å²) in [6.45, 7) is 3.64. The molecule has 0 saturated heterocycles. The van der Waals surface area contributed by atoms with Crippen LogP contribution >= 0.6 is 22.9 Å². The van der Waals surface area contributed by atoms with E-state index in [1.165, 1.54) is 23.5 Å². The minimum absolute atomic E-state index is 0.0633. The number of halogens is 1. The van der Waals surface area contributed by atoms with E-state index < -0.39 is 0 Å². The number of thiazole rings is 1. The summed E-state index contributed by atoms with van der Waals surface area (Å²) in [5.41, 5.74) is 1.19. The van der Waals surface area contributed by atoms with E-state index in [1.807, 2.05) is 6.92 Å². The molecule has 0 aliphatic rings. The van der Waals surface area contributed by atoms with E-state index >= 15 is 0 Å². The van der Waals surface area contributed by atoms with Gasteiger partial charge in [0, 0.05) is 11.8 Å². The van der Waals surface area contributed by atoms with Crippen molar-refractivity contribution in [1.82, 2.24) is 4.98 Å². The van der Waals surface area contributed by atoms with Gasteiger partial charge in [-0.3, -0.25) is 4.79 Å². The molecule has 0 saturated carbocycles. The van der Waals surface area contributed by atoms with Gasteiger partial charge in [0.05, 0.1) is 15.7 Å². The Morgan fingerprint density at radius 1 is 1.44 bits per heavy atom. The first kappa shape index (κ1) is 12.9. The lowest BCUT2D eigenvalue weighted by atomic mass is 10.3. The molecule has 18 heavy (non-hydrogen) atoms. The number of carbonyl (C=O) groups is 1. The third-order valence-corrected chi connectivity index (χ3v) is 3.71. The van der Waals surface area contributed by atoms with Gasteiger partial charge in [-0.25, -0.2) is 4.98 Å². The van der Waals surface area contributed by atoms with Gasteiger partial charge in [0.2, 0.25) is 0 Å². The van der Waals surface area contributed by atoms with Gasteiger partial charge < -0.3 is 10.4 Å². The molecule has 94 valence electrons. The Hall–Kier alpha value is -1.59. The van der Waals surface area contributed by atoms with Crippen LogP contribution in [0.5, 0.6) is 5.75 Å². The predicted octanol–water partition coefficient (Wildman–Crippen LogP) is 3.37. The highest BCUT2D eigenvalue weighted by Gasteiger charge is 2.14. The molecule has 0 fully saturated rings. The second-order valence-corrected chi connectivity index (χ2v) is 5.38. The van der Waals surface area contributed by atoms with Crippen molar-refractivity contribution in [2.75, 3.05) is 5.32 Å². The van der Waals surface area contributed by atoms with E-state index in [0.29, 0.717) is 16.3 Å². The number of benzene rings is 1. The van der Waals surface area contributed by atoms with Crippen molar-refractivity contribution >= 4 is 34.5 Å².